The average molecular weight is 330 g/mol. The van der Waals surface area contributed by atoms with Crippen LogP contribution in [-0.4, -0.2) is 59.5 Å². The zero-order valence-electron chi connectivity index (χ0n) is 14.3. The normalized spacial score (nSPS) is 38.0. The van der Waals surface area contributed by atoms with Gasteiger partial charge in [0.1, 0.15) is 0 Å². The van der Waals surface area contributed by atoms with Crippen molar-refractivity contribution in [3.63, 3.8) is 0 Å². The van der Waals surface area contributed by atoms with Gasteiger partial charge in [0.05, 0.1) is 6.54 Å². The molecule has 3 aliphatic heterocycles. The first-order valence-corrected chi connectivity index (χ1v) is 8.82. The number of piperidine rings is 2. The molecule has 5 heteroatoms. The summed E-state index contributed by atoms with van der Waals surface area (Å²) in [6.07, 6.45) is 8.66. The molecule has 4 atom stereocenters. The molecular formula is C17H32ClN3O. The van der Waals surface area contributed by atoms with Gasteiger partial charge in [-0.25, -0.2) is 0 Å². The summed E-state index contributed by atoms with van der Waals surface area (Å²) >= 11 is 0. The number of carbonyl (C=O) groups excluding carboxylic acids is 1. The van der Waals surface area contributed by atoms with E-state index in [2.05, 4.69) is 36.0 Å². The van der Waals surface area contributed by atoms with Crippen molar-refractivity contribution in [3.05, 3.63) is 0 Å². The average Bonchev–Trinajstić information content (AvgIpc) is 2.77. The molecule has 22 heavy (non-hydrogen) atoms. The Hall–Kier alpha value is -0.320. The number of hydrogen-bond donors (Lipinski definition) is 1. The molecule has 0 aliphatic carbocycles. The number of hydrogen-bond acceptors (Lipinski definition) is 3. The van der Waals surface area contributed by atoms with Crippen LogP contribution in [0.1, 0.15) is 58.8 Å². The highest BCUT2D eigenvalue weighted by Crippen LogP contribution is 2.29. The lowest BCUT2D eigenvalue weighted by Crippen LogP contribution is -2.53. The van der Waals surface area contributed by atoms with Crippen LogP contribution in [0.5, 0.6) is 0 Å². The van der Waals surface area contributed by atoms with Crippen LogP contribution in [-0.2, 0) is 4.79 Å². The molecule has 3 fully saturated rings. The lowest BCUT2D eigenvalue weighted by Gasteiger charge is -2.41. The van der Waals surface area contributed by atoms with E-state index in [9.17, 15) is 4.79 Å². The van der Waals surface area contributed by atoms with Gasteiger partial charge in [-0.15, -0.1) is 12.4 Å². The Balaban J connectivity index is 0.00000176. The van der Waals surface area contributed by atoms with E-state index < -0.39 is 0 Å². The third kappa shape index (κ3) is 3.77. The predicted molar refractivity (Wildman–Crippen MR) is 92.5 cm³/mol. The Kier molecular flexibility index (Phi) is 6.14. The molecule has 1 N–H and O–H groups in total. The van der Waals surface area contributed by atoms with Crippen LogP contribution in [0.25, 0.3) is 0 Å². The van der Waals surface area contributed by atoms with Crippen molar-refractivity contribution in [1.82, 2.24) is 15.1 Å². The summed E-state index contributed by atoms with van der Waals surface area (Å²) in [4.78, 5) is 17.2. The van der Waals surface area contributed by atoms with Gasteiger partial charge >= 0.3 is 0 Å². The first-order chi connectivity index (χ1) is 10.0. The molecule has 2 bridgehead atoms. The second-order valence-corrected chi connectivity index (χ2v) is 7.61. The van der Waals surface area contributed by atoms with Crippen LogP contribution in [0.4, 0.5) is 0 Å². The van der Waals surface area contributed by atoms with Crippen molar-refractivity contribution in [1.29, 1.82) is 0 Å². The zero-order chi connectivity index (χ0) is 15.0. The number of nitrogens with one attached hydrogen (secondary N) is 1. The molecule has 0 aromatic carbocycles. The fourth-order valence-electron chi connectivity index (χ4n) is 4.72. The second-order valence-electron chi connectivity index (χ2n) is 7.61. The lowest BCUT2D eigenvalue weighted by atomic mass is 9.96. The van der Waals surface area contributed by atoms with Gasteiger partial charge in [-0.2, -0.15) is 0 Å². The smallest absolute Gasteiger partial charge is 0.237 e. The third-order valence-electron chi connectivity index (χ3n) is 5.94. The molecule has 3 heterocycles. The van der Waals surface area contributed by atoms with Crippen LogP contribution in [0, 0.1) is 0 Å². The summed E-state index contributed by atoms with van der Waals surface area (Å²) < 4.78 is 0. The highest BCUT2D eigenvalue weighted by atomic mass is 35.5. The van der Waals surface area contributed by atoms with Crippen LogP contribution in [0.15, 0.2) is 0 Å². The zero-order valence-corrected chi connectivity index (χ0v) is 15.1. The Morgan fingerprint density at radius 1 is 1.09 bits per heavy atom. The van der Waals surface area contributed by atoms with Crippen LogP contribution < -0.4 is 5.32 Å². The largest absolute Gasteiger partial charge is 0.336 e. The van der Waals surface area contributed by atoms with Gasteiger partial charge in [0.15, 0.2) is 0 Å². The monoisotopic (exact) mass is 329 g/mol. The van der Waals surface area contributed by atoms with E-state index in [1.165, 1.54) is 32.1 Å². The summed E-state index contributed by atoms with van der Waals surface area (Å²) in [5, 5.41) is 3.68. The highest BCUT2D eigenvalue weighted by molar-refractivity contribution is 5.85. The molecule has 3 aliphatic rings. The SMILES string of the molecule is CC1CCCC(C)N1C(=O)CN(C)C1CC2CCC(C1)N2.Cl. The quantitative estimate of drug-likeness (QED) is 0.863. The van der Waals surface area contributed by atoms with Gasteiger partial charge in [0, 0.05) is 30.2 Å². The van der Waals surface area contributed by atoms with Crippen molar-refractivity contribution in [2.24, 2.45) is 0 Å². The minimum absolute atomic E-state index is 0. The Morgan fingerprint density at radius 3 is 2.18 bits per heavy atom. The molecule has 0 saturated carbocycles. The molecule has 0 spiro atoms. The van der Waals surface area contributed by atoms with E-state index in [1.54, 1.807) is 0 Å². The molecule has 1 amide bonds. The Morgan fingerprint density at radius 2 is 1.64 bits per heavy atom. The number of halogens is 1. The van der Waals surface area contributed by atoms with Crippen molar-refractivity contribution in [2.75, 3.05) is 13.6 Å². The Bertz CT molecular complexity index is 370. The summed E-state index contributed by atoms with van der Waals surface area (Å²) in [5.41, 5.74) is 0. The Labute approximate surface area is 141 Å². The molecule has 0 radical (unpaired) electrons. The predicted octanol–water partition coefficient (Wildman–Crippen LogP) is 2.41. The van der Waals surface area contributed by atoms with E-state index in [1.807, 2.05) is 0 Å². The van der Waals surface area contributed by atoms with Crippen molar-refractivity contribution < 1.29 is 4.79 Å². The van der Waals surface area contributed by atoms with Crippen LogP contribution >= 0.6 is 12.4 Å². The maximum atomic E-state index is 12.7. The van der Waals surface area contributed by atoms with Crippen LogP contribution in [0.2, 0.25) is 0 Å². The number of carbonyl (C=O) groups is 1. The summed E-state index contributed by atoms with van der Waals surface area (Å²) in [6.45, 7) is 5.01. The summed E-state index contributed by atoms with van der Waals surface area (Å²) in [5.74, 6) is 0.336. The molecule has 0 aromatic rings. The number of likely N-dealkylation sites (N-methyl/N-ethyl adjacent to an activating group) is 1. The van der Waals surface area contributed by atoms with E-state index in [4.69, 9.17) is 0 Å². The molecular weight excluding hydrogens is 298 g/mol. The minimum Gasteiger partial charge on any atom is -0.336 e. The number of nitrogens with zero attached hydrogens (tertiary/aromatic N) is 2. The molecule has 4 unspecified atom stereocenters. The number of likely N-dealkylation sites (tertiary alicyclic amines) is 1. The molecule has 0 aromatic heterocycles. The number of fused-ring (bicyclic) bond motifs is 2. The summed E-state index contributed by atoms with van der Waals surface area (Å²) in [6, 6.07) is 2.80. The molecule has 3 saturated heterocycles. The van der Waals surface area contributed by atoms with Gasteiger partial charge in [-0.1, -0.05) is 0 Å². The molecule has 4 nitrogen and oxygen atoms in total. The number of rotatable bonds is 3. The first-order valence-electron chi connectivity index (χ1n) is 8.82. The van der Waals surface area contributed by atoms with Crippen LogP contribution in [0.3, 0.4) is 0 Å². The third-order valence-corrected chi connectivity index (χ3v) is 5.94. The van der Waals surface area contributed by atoms with E-state index in [-0.39, 0.29) is 12.4 Å². The maximum Gasteiger partial charge on any atom is 0.237 e. The number of amides is 1. The summed E-state index contributed by atoms with van der Waals surface area (Å²) in [7, 11) is 2.15. The first kappa shape index (κ1) is 18.0. The maximum absolute atomic E-state index is 12.7. The van der Waals surface area contributed by atoms with Gasteiger partial charge < -0.3 is 10.2 Å². The van der Waals surface area contributed by atoms with Crippen molar-refractivity contribution in [2.45, 2.75) is 89.0 Å². The topological polar surface area (TPSA) is 35.6 Å². The minimum atomic E-state index is 0. The van der Waals surface area contributed by atoms with Gasteiger partial charge in [0.2, 0.25) is 5.91 Å². The van der Waals surface area contributed by atoms with E-state index in [0.29, 0.717) is 42.7 Å². The van der Waals surface area contributed by atoms with Crippen molar-refractivity contribution >= 4 is 18.3 Å². The van der Waals surface area contributed by atoms with Gasteiger partial charge in [-0.05, 0) is 65.8 Å². The van der Waals surface area contributed by atoms with E-state index in [0.717, 1.165) is 12.8 Å². The highest BCUT2D eigenvalue weighted by Gasteiger charge is 2.36. The molecule has 128 valence electrons. The fourth-order valence-corrected chi connectivity index (χ4v) is 4.72. The molecule has 3 rings (SSSR count). The standard InChI is InChI=1S/C17H31N3O.ClH/c1-12-5-4-6-13(2)20(12)17(21)11-19(3)16-9-14-7-8-15(10-16)18-14;/h12-16,18H,4-11H2,1-3H3;1H. The lowest BCUT2D eigenvalue weighted by molar-refractivity contribution is -0.138. The fraction of sp³-hybridized carbons (Fsp3) is 0.941. The van der Waals surface area contributed by atoms with E-state index >= 15 is 0 Å². The van der Waals surface area contributed by atoms with Gasteiger partial charge in [-0.3, -0.25) is 9.69 Å². The van der Waals surface area contributed by atoms with Crippen molar-refractivity contribution in [3.8, 4) is 0 Å². The second kappa shape index (κ2) is 7.50. The van der Waals surface area contributed by atoms with Gasteiger partial charge in [0.25, 0.3) is 0 Å².